The number of nitrogens with zero attached hydrogens (tertiary/aromatic N) is 4. The molecule has 1 aromatic rings. The first kappa shape index (κ1) is 10.8. The van der Waals surface area contributed by atoms with Crippen LogP contribution in [-0.2, 0) is 0 Å². The van der Waals surface area contributed by atoms with Crippen LogP contribution in [0.2, 0.25) is 5.02 Å². The summed E-state index contributed by atoms with van der Waals surface area (Å²) < 4.78 is 4.22. The van der Waals surface area contributed by atoms with Gasteiger partial charge in [0.05, 0.1) is 24.2 Å². The fraction of sp³-hybridized carbons (Fsp3) is 0.182. The molecule has 0 saturated carbocycles. The number of benzene rings is 1. The third kappa shape index (κ3) is 1.96. The lowest BCUT2D eigenvalue weighted by atomic mass is 10.1. The van der Waals surface area contributed by atoms with Crippen molar-refractivity contribution in [2.75, 3.05) is 6.54 Å². The number of fused-ring (bicyclic) bond motifs is 1. The van der Waals surface area contributed by atoms with Gasteiger partial charge < -0.3 is 0 Å². The smallest absolute Gasteiger partial charge is 0.209 e. The van der Waals surface area contributed by atoms with E-state index in [1.807, 2.05) is 31.2 Å². The van der Waals surface area contributed by atoms with Gasteiger partial charge in [-0.2, -0.15) is 14.5 Å². The van der Waals surface area contributed by atoms with Crippen LogP contribution in [0.1, 0.15) is 12.5 Å². The minimum absolute atomic E-state index is 0.587. The molecule has 0 atom stereocenters. The van der Waals surface area contributed by atoms with E-state index in [-0.39, 0.29) is 0 Å². The molecule has 0 aliphatic carbocycles. The Kier molecular flexibility index (Phi) is 2.64. The molecule has 86 valence electrons. The lowest BCUT2D eigenvalue weighted by molar-refractivity contribution is 0.661. The minimum atomic E-state index is 0.587. The molecule has 0 N–H and O–H groups in total. The van der Waals surface area contributed by atoms with Crippen LogP contribution in [0.15, 0.2) is 38.8 Å². The van der Waals surface area contributed by atoms with Crippen LogP contribution in [0.5, 0.6) is 0 Å². The van der Waals surface area contributed by atoms with Gasteiger partial charge in [0.1, 0.15) is 5.84 Å². The quantitative estimate of drug-likeness (QED) is 0.732. The van der Waals surface area contributed by atoms with Crippen molar-refractivity contribution in [2.45, 2.75) is 6.92 Å². The molecule has 0 radical (unpaired) electrons. The molecule has 0 fully saturated rings. The van der Waals surface area contributed by atoms with Crippen LogP contribution < -0.4 is 0 Å². The Morgan fingerprint density at radius 2 is 2.06 bits per heavy atom. The molecular formula is C11H9ClN4S. The Bertz CT molecular complexity index is 547. The Morgan fingerprint density at radius 1 is 1.29 bits per heavy atom. The van der Waals surface area contributed by atoms with Crippen molar-refractivity contribution in [3.63, 3.8) is 0 Å². The molecule has 17 heavy (non-hydrogen) atoms. The van der Waals surface area contributed by atoms with Gasteiger partial charge in [0.15, 0.2) is 0 Å². The minimum Gasteiger partial charge on any atom is -0.253 e. The average Bonchev–Trinajstić information content (AvgIpc) is 2.72. The fourth-order valence-electron chi connectivity index (χ4n) is 1.62. The zero-order valence-corrected chi connectivity index (χ0v) is 10.7. The molecule has 2 aliphatic heterocycles. The summed E-state index contributed by atoms with van der Waals surface area (Å²) >= 11 is 7.23. The molecule has 2 aliphatic rings. The van der Waals surface area contributed by atoms with Gasteiger partial charge in [-0.15, -0.1) is 0 Å². The van der Waals surface area contributed by atoms with E-state index in [1.54, 1.807) is 5.01 Å². The van der Waals surface area contributed by atoms with E-state index in [0.29, 0.717) is 6.54 Å². The summed E-state index contributed by atoms with van der Waals surface area (Å²) in [4.78, 5) is 4.45. The van der Waals surface area contributed by atoms with Gasteiger partial charge in [0, 0.05) is 5.02 Å². The van der Waals surface area contributed by atoms with Crippen LogP contribution in [0.4, 0.5) is 0 Å². The Hall–Kier alpha value is -1.33. The summed E-state index contributed by atoms with van der Waals surface area (Å²) in [7, 11) is 0. The lowest BCUT2D eigenvalue weighted by Gasteiger charge is -2.18. The van der Waals surface area contributed by atoms with Gasteiger partial charge in [0.2, 0.25) is 5.17 Å². The van der Waals surface area contributed by atoms with Crippen LogP contribution in [0.3, 0.4) is 0 Å². The molecule has 0 aromatic heterocycles. The van der Waals surface area contributed by atoms with E-state index in [4.69, 9.17) is 11.6 Å². The fourth-order valence-corrected chi connectivity index (χ4v) is 2.41. The number of halogens is 1. The van der Waals surface area contributed by atoms with Crippen LogP contribution in [-0.4, -0.2) is 28.3 Å². The molecule has 0 unspecified atom stereocenters. The highest BCUT2D eigenvalue weighted by atomic mass is 35.5. The zero-order chi connectivity index (χ0) is 11.8. The highest BCUT2D eigenvalue weighted by Gasteiger charge is 2.25. The highest BCUT2D eigenvalue weighted by Crippen LogP contribution is 2.24. The Morgan fingerprint density at radius 3 is 2.82 bits per heavy atom. The van der Waals surface area contributed by atoms with E-state index < -0.39 is 0 Å². The van der Waals surface area contributed by atoms with E-state index in [9.17, 15) is 0 Å². The molecule has 4 nitrogen and oxygen atoms in total. The van der Waals surface area contributed by atoms with Crippen molar-refractivity contribution in [2.24, 2.45) is 14.5 Å². The lowest BCUT2D eigenvalue weighted by Crippen LogP contribution is -2.30. The third-order valence-corrected chi connectivity index (χ3v) is 3.58. The number of hydrogen-bond acceptors (Lipinski definition) is 5. The van der Waals surface area contributed by atoms with E-state index in [2.05, 4.69) is 14.5 Å². The summed E-state index contributed by atoms with van der Waals surface area (Å²) in [5.74, 6) is 0.861. The van der Waals surface area contributed by atoms with Gasteiger partial charge in [-0.1, -0.05) is 23.7 Å². The van der Waals surface area contributed by atoms with Gasteiger partial charge in [-0.05, 0) is 24.6 Å². The molecule has 1 aromatic carbocycles. The van der Waals surface area contributed by atoms with E-state index in [0.717, 1.165) is 27.3 Å². The third-order valence-electron chi connectivity index (χ3n) is 2.51. The molecule has 3 rings (SSSR count). The van der Waals surface area contributed by atoms with Gasteiger partial charge >= 0.3 is 0 Å². The number of aliphatic imine (C=N–C) groups is 1. The summed E-state index contributed by atoms with van der Waals surface area (Å²) in [6.45, 7) is 2.51. The number of amidine groups is 2. The zero-order valence-electron chi connectivity index (χ0n) is 9.09. The molecule has 0 amide bonds. The second-order valence-corrected chi connectivity index (χ2v) is 4.86. The summed E-state index contributed by atoms with van der Waals surface area (Å²) in [6, 6.07) is 7.63. The first-order chi connectivity index (χ1) is 8.24. The monoisotopic (exact) mass is 264 g/mol. The predicted molar refractivity (Wildman–Crippen MR) is 72.8 cm³/mol. The molecule has 0 spiro atoms. The number of rotatable bonds is 1. The first-order valence-corrected chi connectivity index (χ1v) is 6.29. The van der Waals surface area contributed by atoms with Gasteiger partial charge in [-0.25, -0.2) is 0 Å². The normalized spacial score (nSPS) is 18.5. The highest BCUT2D eigenvalue weighted by molar-refractivity contribution is 8.13. The van der Waals surface area contributed by atoms with E-state index >= 15 is 0 Å². The summed E-state index contributed by atoms with van der Waals surface area (Å²) in [5, 5.41) is 7.90. The van der Waals surface area contributed by atoms with Crippen molar-refractivity contribution in [3.8, 4) is 0 Å². The molecular weight excluding hydrogens is 256 g/mol. The Balaban J connectivity index is 1.93. The number of hydrazone groups is 1. The van der Waals surface area contributed by atoms with Gasteiger partial charge in [0.25, 0.3) is 0 Å². The largest absolute Gasteiger partial charge is 0.253 e. The van der Waals surface area contributed by atoms with Crippen molar-refractivity contribution >= 4 is 40.3 Å². The van der Waals surface area contributed by atoms with Crippen molar-refractivity contribution in [1.82, 2.24) is 5.01 Å². The number of hydrogen-bond donors (Lipinski definition) is 0. The predicted octanol–water partition coefficient (Wildman–Crippen LogP) is 2.80. The van der Waals surface area contributed by atoms with Gasteiger partial charge in [-0.3, -0.25) is 4.99 Å². The van der Waals surface area contributed by atoms with Crippen LogP contribution >= 0.6 is 23.5 Å². The SMILES string of the molecule is CC1=NSC2=NCC(c3ccc(Cl)cc3)=NN12. The van der Waals surface area contributed by atoms with Crippen molar-refractivity contribution in [3.05, 3.63) is 34.9 Å². The van der Waals surface area contributed by atoms with Crippen molar-refractivity contribution in [1.29, 1.82) is 0 Å². The topological polar surface area (TPSA) is 40.3 Å². The van der Waals surface area contributed by atoms with E-state index in [1.165, 1.54) is 11.9 Å². The molecule has 6 heteroatoms. The van der Waals surface area contributed by atoms with Crippen LogP contribution in [0.25, 0.3) is 0 Å². The molecule has 0 saturated heterocycles. The second-order valence-electron chi connectivity index (χ2n) is 3.69. The standard InChI is InChI=1S/C11H9ClN4S/c1-7-15-17-11-13-6-10(14-16(7)11)8-2-4-9(12)5-3-8/h2-5H,6H2,1H3. The first-order valence-electron chi connectivity index (χ1n) is 5.13. The Labute approximate surface area is 108 Å². The van der Waals surface area contributed by atoms with Crippen molar-refractivity contribution < 1.29 is 0 Å². The van der Waals surface area contributed by atoms with Crippen LogP contribution in [0, 0.1) is 0 Å². The second kappa shape index (κ2) is 4.16. The summed E-state index contributed by atoms with van der Waals surface area (Å²) in [6.07, 6.45) is 0. The average molecular weight is 265 g/mol. The maximum absolute atomic E-state index is 5.86. The maximum atomic E-state index is 5.86. The summed E-state index contributed by atoms with van der Waals surface area (Å²) in [5.41, 5.74) is 1.98. The molecule has 0 bridgehead atoms. The maximum Gasteiger partial charge on any atom is 0.209 e. The molecule has 2 heterocycles.